The van der Waals surface area contributed by atoms with Gasteiger partial charge in [0, 0.05) is 25.5 Å². The molecule has 0 radical (unpaired) electrons. The van der Waals surface area contributed by atoms with Gasteiger partial charge in [-0.3, -0.25) is 9.78 Å². The largest absolute Gasteiger partial charge is 0.355 e. The molecule has 1 heterocycles. The number of hydrogen-bond acceptors (Lipinski definition) is 3. The first-order valence-corrected chi connectivity index (χ1v) is 6.19. The van der Waals surface area contributed by atoms with E-state index in [4.69, 9.17) is 0 Å². The van der Waals surface area contributed by atoms with Crippen LogP contribution in [0.4, 0.5) is 0 Å². The molecule has 0 saturated carbocycles. The molecule has 1 amide bonds. The quantitative estimate of drug-likeness (QED) is 0.671. The minimum atomic E-state index is 0.0602. The lowest BCUT2D eigenvalue weighted by Gasteiger charge is -2.06. The SMILES string of the molecule is CCCCCNC(=O)CNCc1cccnc1. The summed E-state index contributed by atoms with van der Waals surface area (Å²) in [6.07, 6.45) is 6.94. The van der Waals surface area contributed by atoms with Crippen molar-refractivity contribution in [1.82, 2.24) is 15.6 Å². The summed E-state index contributed by atoms with van der Waals surface area (Å²) >= 11 is 0. The van der Waals surface area contributed by atoms with Crippen LogP contribution in [-0.4, -0.2) is 24.0 Å². The highest BCUT2D eigenvalue weighted by Crippen LogP contribution is 1.93. The zero-order chi connectivity index (χ0) is 12.3. The van der Waals surface area contributed by atoms with Gasteiger partial charge in [-0.25, -0.2) is 0 Å². The average molecular weight is 235 g/mol. The fourth-order valence-corrected chi connectivity index (χ4v) is 1.49. The molecule has 0 fully saturated rings. The Morgan fingerprint density at radius 1 is 1.41 bits per heavy atom. The molecule has 1 aromatic heterocycles. The van der Waals surface area contributed by atoms with Crippen molar-refractivity contribution in [2.45, 2.75) is 32.7 Å². The predicted molar refractivity (Wildman–Crippen MR) is 68.5 cm³/mol. The van der Waals surface area contributed by atoms with Crippen LogP contribution in [0.1, 0.15) is 31.7 Å². The number of unbranched alkanes of at least 4 members (excludes halogenated alkanes) is 2. The van der Waals surface area contributed by atoms with Crippen molar-refractivity contribution in [2.75, 3.05) is 13.1 Å². The molecule has 0 bridgehead atoms. The van der Waals surface area contributed by atoms with Gasteiger partial charge in [-0.1, -0.05) is 25.8 Å². The Labute approximate surface area is 103 Å². The van der Waals surface area contributed by atoms with Gasteiger partial charge >= 0.3 is 0 Å². The van der Waals surface area contributed by atoms with Gasteiger partial charge in [-0.05, 0) is 18.1 Å². The Morgan fingerprint density at radius 2 is 2.29 bits per heavy atom. The molecule has 0 aliphatic rings. The third-order valence-corrected chi connectivity index (χ3v) is 2.44. The summed E-state index contributed by atoms with van der Waals surface area (Å²) in [5.74, 6) is 0.0602. The molecule has 2 N–H and O–H groups in total. The lowest BCUT2D eigenvalue weighted by Crippen LogP contribution is -2.34. The molecule has 0 aromatic carbocycles. The van der Waals surface area contributed by atoms with E-state index in [1.54, 1.807) is 12.4 Å². The lowest BCUT2D eigenvalue weighted by molar-refractivity contribution is -0.120. The maximum atomic E-state index is 11.4. The Kier molecular flexibility index (Phi) is 6.98. The normalized spacial score (nSPS) is 10.2. The van der Waals surface area contributed by atoms with E-state index in [9.17, 15) is 4.79 Å². The topological polar surface area (TPSA) is 54.0 Å². The minimum absolute atomic E-state index is 0.0602. The second-order valence-corrected chi connectivity index (χ2v) is 4.02. The van der Waals surface area contributed by atoms with Gasteiger partial charge in [-0.2, -0.15) is 0 Å². The van der Waals surface area contributed by atoms with Gasteiger partial charge < -0.3 is 10.6 Å². The van der Waals surface area contributed by atoms with Crippen LogP contribution < -0.4 is 10.6 Å². The number of aromatic nitrogens is 1. The van der Waals surface area contributed by atoms with Crippen molar-refractivity contribution in [3.8, 4) is 0 Å². The zero-order valence-corrected chi connectivity index (χ0v) is 10.4. The fourth-order valence-electron chi connectivity index (χ4n) is 1.49. The summed E-state index contributed by atoms with van der Waals surface area (Å²) < 4.78 is 0. The van der Waals surface area contributed by atoms with E-state index in [0.29, 0.717) is 13.1 Å². The molecular formula is C13H21N3O. The fraction of sp³-hybridized carbons (Fsp3) is 0.538. The monoisotopic (exact) mass is 235 g/mol. The Balaban J connectivity index is 2.04. The third kappa shape index (κ3) is 6.68. The van der Waals surface area contributed by atoms with E-state index >= 15 is 0 Å². The molecule has 0 unspecified atom stereocenters. The minimum Gasteiger partial charge on any atom is -0.355 e. The van der Waals surface area contributed by atoms with Gasteiger partial charge in [0.2, 0.25) is 5.91 Å². The van der Waals surface area contributed by atoms with Crippen molar-refractivity contribution < 1.29 is 4.79 Å². The molecule has 17 heavy (non-hydrogen) atoms. The highest BCUT2D eigenvalue weighted by Gasteiger charge is 1.99. The number of carbonyl (C=O) groups is 1. The van der Waals surface area contributed by atoms with Crippen molar-refractivity contribution in [3.05, 3.63) is 30.1 Å². The summed E-state index contributed by atoms with van der Waals surface area (Å²) in [4.78, 5) is 15.4. The molecule has 4 nitrogen and oxygen atoms in total. The summed E-state index contributed by atoms with van der Waals surface area (Å²) in [6.45, 7) is 3.97. The molecule has 0 aliphatic heterocycles. The van der Waals surface area contributed by atoms with Gasteiger partial charge in [0.05, 0.1) is 6.54 Å². The van der Waals surface area contributed by atoms with E-state index in [-0.39, 0.29) is 5.91 Å². The molecule has 94 valence electrons. The molecule has 0 saturated heterocycles. The first kappa shape index (κ1) is 13.6. The maximum Gasteiger partial charge on any atom is 0.233 e. The van der Waals surface area contributed by atoms with Crippen molar-refractivity contribution in [3.63, 3.8) is 0 Å². The van der Waals surface area contributed by atoms with Crippen molar-refractivity contribution in [1.29, 1.82) is 0 Å². The van der Waals surface area contributed by atoms with Gasteiger partial charge in [0.25, 0.3) is 0 Å². The Bertz CT molecular complexity index is 314. The number of nitrogens with one attached hydrogen (secondary N) is 2. The second kappa shape index (κ2) is 8.70. The first-order valence-electron chi connectivity index (χ1n) is 6.19. The highest BCUT2D eigenvalue weighted by molar-refractivity contribution is 5.77. The first-order chi connectivity index (χ1) is 8.33. The van der Waals surface area contributed by atoms with E-state index in [2.05, 4.69) is 22.5 Å². The van der Waals surface area contributed by atoms with E-state index in [1.165, 1.54) is 12.8 Å². The summed E-state index contributed by atoms with van der Waals surface area (Å²) in [5.41, 5.74) is 1.09. The van der Waals surface area contributed by atoms with E-state index < -0.39 is 0 Å². The van der Waals surface area contributed by atoms with Crippen LogP contribution in [0.25, 0.3) is 0 Å². The standard InChI is InChI=1S/C13H21N3O/c1-2-3-4-8-16-13(17)11-15-10-12-6-5-7-14-9-12/h5-7,9,15H,2-4,8,10-11H2,1H3,(H,16,17). The molecule has 0 atom stereocenters. The Hall–Kier alpha value is -1.42. The molecule has 0 aliphatic carbocycles. The van der Waals surface area contributed by atoms with Crippen LogP contribution in [0.15, 0.2) is 24.5 Å². The predicted octanol–water partition coefficient (Wildman–Crippen LogP) is 1.48. The second-order valence-electron chi connectivity index (χ2n) is 4.02. The Morgan fingerprint density at radius 3 is 3.00 bits per heavy atom. The van der Waals surface area contributed by atoms with Crippen LogP contribution in [0.2, 0.25) is 0 Å². The molecule has 4 heteroatoms. The molecule has 0 spiro atoms. The van der Waals surface area contributed by atoms with Crippen molar-refractivity contribution >= 4 is 5.91 Å². The number of rotatable bonds is 8. The van der Waals surface area contributed by atoms with Crippen LogP contribution >= 0.6 is 0 Å². The van der Waals surface area contributed by atoms with Gasteiger partial charge in [-0.15, -0.1) is 0 Å². The van der Waals surface area contributed by atoms with E-state index in [1.807, 2.05) is 12.1 Å². The average Bonchev–Trinajstić information content (AvgIpc) is 2.36. The van der Waals surface area contributed by atoms with Crippen LogP contribution in [-0.2, 0) is 11.3 Å². The highest BCUT2D eigenvalue weighted by atomic mass is 16.1. The lowest BCUT2D eigenvalue weighted by atomic mass is 10.2. The molecular weight excluding hydrogens is 214 g/mol. The maximum absolute atomic E-state index is 11.4. The number of hydrogen-bond donors (Lipinski definition) is 2. The van der Waals surface area contributed by atoms with Crippen LogP contribution in [0, 0.1) is 0 Å². The number of amides is 1. The van der Waals surface area contributed by atoms with Gasteiger partial charge in [0.15, 0.2) is 0 Å². The van der Waals surface area contributed by atoms with Crippen molar-refractivity contribution in [2.24, 2.45) is 0 Å². The summed E-state index contributed by atoms with van der Waals surface area (Å²) in [7, 11) is 0. The third-order valence-electron chi connectivity index (χ3n) is 2.44. The van der Waals surface area contributed by atoms with Crippen LogP contribution in [0.3, 0.4) is 0 Å². The zero-order valence-electron chi connectivity index (χ0n) is 10.4. The smallest absolute Gasteiger partial charge is 0.233 e. The van der Waals surface area contributed by atoms with Crippen LogP contribution in [0.5, 0.6) is 0 Å². The van der Waals surface area contributed by atoms with E-state index in [0.717, 1.165) is 18.5 Å². The number of pyridine rings is 1. The summed E-state index contributed by atoms with van der Waals surface area (Å²) in [6, 6.07) is 3.88. The molecule has 1 aromatic rings. The number of nitrogens with zero attached hydrogens (tertiary/aromatic N) is 1. The number of carbonyl (C=O) groups excluding carboxylic acids is 1. The van der Waals surface area contributed by atoms with Gasteiger partial charge in [0.1, 0.15) is 0 Å². The molecule has 1 rings (SSSR count). The summed E-state index contributed by atoms with van der Waals surface area (Å²) in [5, 5.41) is 5.98.